The van der Waals surface area contributed by atoms with Gasteiger partial charge < -0.3 is 49.6 Å². The number of carbonyl (C=O) groups is 3. The SMILES string of the molecule is CO[C@H]1/C=C/O[C@@]2(C)Oc3c(C)c(O)c4c(O)c(c5c(c4c3C2=O)NC2(CCN(C(C)C)CC2)N=5)=NC(=O)/C(C)=C\C=C\[C@H](C)[C@H](O)[C@@H](C)[C@@H](O)[C@@H](C)[C@H](OC(C)=O)[C@@H]1C. The number of likely N-dealkylation sites (tertiary alicyclic amines) is 1. The van der Waals surface area contributed by atoms with Crippen molar-refractivity contribution in [1.82, 2.24) is 4.90 Å². The predicted molar refractivity (Wildman–Crippen MR) is 223 cm³/mol. The van der Waals surface area contributed by atoms with Gasteiger partial charge in [0.2, 0.25) is 0 Å². The number of ketones is 1. The molecule has 4 heterocycles. The molecule has 0 radical (unpaired) electrons. The Hall–Kier alpha value is -4.83. The number of benzene rings is 2. The van der Waals surface area contributed by atoms with E-state index in [9.17, 15) is 34.8 Å². The second-order valence-electron chi connectivity index (χ2n) is 17.4. The maximum Gasteiger partial charge on any atom is 0.312 e. The number of phenols is 2. The van der Waals surface area contributed by atoms with Gasteiger partial charge in [-0.2, -0.15) is 0 Å². The van der Waals surface area contributed by atoms with Gasteiger partial charge in [-0.05, 0) is 33.8 Å². The molecule has 1 fully saturated rings. The van der Waals surface area contributed by atoms with Crippen molar-refractivity contribution in [2.45, 2.75) is 124 Å². The van der Waals surface area contributed by atoms with E-state index in [1.807, 2.05) is 0 Å². The van der Waals surface area contributed by atoms with E-state index in [-0.39, 0.29) is 49.7 Å². The van der Waals surface area contributed by atoms with Gasteiger partial charge in [-0.3, -0.25) is 19.4 Å². The number of carbonyl (C=O) groups excluding carboxylic acids is 3. The summed E-state index contributed by atoms with van der Waals surface area (Å²) in [6, 6.07) is 0.308. The summed E-state index contributed by atoms with van der Waals surface area (Å²) >= 11 is 0. The van der Waals surface area contributed by atoms with E-state index < -0.39 is 82.9 Å². The Kier molecular flexibility index (Phi) is 12.6. The van der Waals surface area contributed by atoms with Crippen LogP contribution in [0.3, 0.4) is 0 Å². The molecule has 0 aromatic heterocycles. The minimum absolute atomic E-state index is 0.0514. The number of hydrogen-bond donors (Lipinski definition) is 5. The highest BCUT2D eigenvalue weighted by Gasteiger charge is 2.51. The fraction of sp³-hybridized carbons (Fsp3) is 0.578. The van der Waals surface area contributed by atoms with Crippen LogP contribution in [0.2, 0.25) is 0 Å². The molecule has 6 rings (SSSR count). The van der Waals surface area contributed by atoms with Gasteiger partial charge in [-0.1, -0.05) is 45.9 Å². The first-order valence-electron chi connectivity index (χ1n) is 20.8. The summed E-state index contributed by atoms with van der Waals surface area (Å²) in [5, 5.41) is 50.4. The number of methoxy groups -OCH3 is 1. The fourth-order valence-electron chi connectivity index (χ4n) is 9.03. The number of aromatic hydroxyl groups is 2. The number of piperidine rings is 1. The molecule has 0 saturated carbocycles. The molecule has 1 spiro atoms. The Bertz CT molecular complexity index is 2280. The summed E-state index contributed by atoms with van der Waals surface area (Å²) in [4.78, 5) is 52.8. The van der Waals surface area contributed by atoms with Crippen molar-refractivity contribution in [3.05, 3.63) is 58.0 Å². The molecule has 1 saturated heterocycles. The molecular weight excluding hydrogens is 773 g/mol. The van der Waals surface area contributed by atoms with Crippen molar-refractivity contribution < 1.29 is 53.8 Å². The first-order chi connectivity index (χ1) is 28.2. The molecule has 15 heteroatoms. The number of esters is 1. The maximum absolute atomic E-state index is 14.7. The molecule has 4 bridgehead atoms. The van der Waals surface area contributed by atoms with E-state index in [1.165, 1.54) is 33.3 Å². The number of amides is 1. The number of aliphatic hydroxyl groups is 2. The lowest BCUT2D eigenvalue weighted by molar-refractivity contribution is -0.160. The van der Waals surface area contributed by atoms with Crippen molar-refractivity contribution in [3.63, 3.8) is 0 Å². The number of rotatable bonds is 3. The summed E-state index contributed by atoms with van der Waals surface area (Å²) < 4.78 is 24.0. The van der Waals surface area contributed by atoms with Crippen molar-refractivity contribution in [2.24, 2.45) is 33.7 Å². The Balaban J connectivity index is 1.56. The lowest BCUT2D eigenvalue weighted by atomic mass is 9.78. The molecular formula is C45H60N4O11. The van der Waals surface area contributed by atoms with Crippen molar-refractivity contribution in [2.75, 3.05) is 25.5 Å². The van der Waals surface area contributed by atoms with Crippen LogP contribution in [-0.2, 0) is 23.8 Å². The van der Waals surface area contributed by atoms with Crippen LogP contribution in [0.4, 0.5) is 5.69 Å². The molecule has 2 aromatic carbocycles. The lowest BCUT2D eigenvalue weighted by Crippen LogP contribution is -2.48. The van der Waals surface area contributed by atoms with Gasteiger partial charge in [0.25, 0.3) is 11.7 Å². The second-order valence-corrected chi connectivity index (χ2v) is 17.4. The van der Waals surface area contributed by atoms with Crippen LogP contribution in [0.15, 0.2) is 46.1 Å². The number of allylic oxidation sites excluding steroid dienone is 2. The largest absolute Gasteiger partial charge is 0.507 e. The highest BCUT2D eigenvalue weighted by molar-refractivity contribution is 6.21. The number of fused-ring (bicyclic) bond motifs is 1. The number of anilines is 1. The molecule has 5 N–H and O–H groups in total. The third-order valence-electron chi connectivity index (χ3n) is 13.0. The highest BCUT2D eigenvalue weighted by atomic mass is 16.7. The van der Waals surface area contributed by atoms with Gasteiger partial charge in [-0.15, -0.1) is 0 Å². The van der Waals surface area contributed by atoms with E-state index in [2.05, 4.69) is 29.1 Å². The third-order valence-corrected chi connectivity index (χ3v) is 13.0. The molecule has 9 atom stereocenters. The lowest BCUT2D eigenvalue weighted by Gasteiger charge is -2.39. The van der Waals surface area contributed by atoms with Gasteiger partial charge in [-0.25, -0.2) is 4.99 Å². The molecule has 15 nitrogen and oxygen atoms in total. The topological polar surface area (TPSA) is 209 Å². The minimum Gasteiger partial charge on any atom is -0.507 e. The van der Waals surface area contributed by atoms with Crippen LogP contribution < -0.4 is 20.8 Å². The number of phenolic OH excluding ortho intramolecular Hbond substituents is 2. The summed E-state index contributed by atoms with van der Waals surface area (Å²) in [7, 11) is 1.47. The Morgan fingerprint density at radius 2 is 1.63 bits per heavy atom. The average Bonchev–Trinajstić information content (AvgIpc) is 3.70. The summed E-state index contributed by atoms with van der Waals surface area (Å²) in [5.74, 6) is -7.04. The number of nitrogens with one attached hydrogen (secondary N) is 1. The minimum atomic E-state index is -1.95. The first-order valence-corrected chi connectivity index (χ1v) is 20.8. The van der Waals surface area contributed by atoms with E-state index in [1.54, 1.807) is 59.8 Å². The summed E-state index contributed by atoms with van der Waals surface area (Å²) in [6.07, 6.45) is 5.04. The number of nitrogens with zero attached hydrogens (tertiary/aromatic N) is 3. The summed E-state index contributed by atoms with van der Waals surface area (Å²) in [5.41, 5.74) is -0.123. The van der Waals surface area contributed by atoms with E-state index in [0.29, 0.717) is 37.7 Å². The molecule has 1 amide bonds. The number of ether oxygens (including phenoxy) is 4. The van der Waals surface area contributed by atoms with Crippen LogP contribution >= 0.6 is 0 Å². The average molecular weight is 833 g/mol. The zero-order valence-electron chi connectivity index (χ0n) is 36.4. The predicted octanol–water partition coefficient (Wildman–Crippen LogP) is 4.50. The molecule has 326 valence electrons. The zero-order chi connectivity index (χ0) is 44.2. The molecule has 4 aliphatic heterocycles. The first kappa shape index (κ1) is 44.7. The van der Waals surface area contributed by atoms with E-state index in [0.717, 1.165) is 0 Å². The standard InChI is InChI=1S/C45H60N4O11/c1-21(2)49-18-16-45(17-19-49)47-33-30-31-38(53)27(8)41-32(30)42(55)44(10,60-41)58-20-15-29(57-11)24(5)40(59-28(9)50)26(7)37(52)25(6)36(51)22(3)13-12-14-23(4)43(56)46-35(39(31)54)34(33)48-45/h12-15,20-22,24-26,29,36-37,40,47,51-54H,16-19H2,1-11H3/b13-12+,20-15+,23-14-,46-35?/t22-,24+,25+,26+,29-,36-,37+,40+,44-/m0/s1. The highest BCUT2D eigenvalue weighted by Crippen LogP contribution is 2.51. The Morgan fingerprint density at radius 1 is 0.967 bits per heavy atom. The van der Waals surface area contributed by atoms with E-state index in [4.69, 9.17) is 23.9 Å². The monoisotopic (exact) mass is 832 g/mol. The quantitative estimate of drug-likeness (QED) is 0.214. The Labute approximate surface area is 350 Å². The Morgan fingerprint density at radius 3 is 2.25 bits per heavy atom. The van der Waals surface area contributed by atoms with Gasteiger partial charge in [0.15, 0.2) is 5.75 Å². The molecule has 4 aliphatic rings. The van der Waals surface area contributed by atoms with E-state index >= 15 is 0 Å². The normalized spacial score (nSPS) is 33.0. The van der Waals surface area contributed by atoms with Crippen LogP contribution in [0.5, 0.6) is 17.2 Å². The van der Waals surface area contributed by atoms with Crippen LogP contribution in [0.1, 0.15) is 91.1 Å². The smallest absolute Gasteiger partial charge is 0.312 e. The van der Waals surface area contributed by atoms with Gasteiger partial charge in [0, 0.05) is 93.1 Å². The number of hydrogen-bond acceptors (Lipinski definition) is 14. The molecule has 0 unspecified atom stereocenters. The molecule has 2 aromatic rings. The maximum atomic E-state index is 14.7. The van der Waals surface area contributed by atoms with Gasteiger partial charge in [0.05, 0.1) is 41.2 Å². The summed E-state index contributed by atoms with van der Waals surface area (Å²) in [6.45, 7) is 18.5. The molecule has 60 heavy (non-hydrogen) atoms. The number of aliphatic hydroxyl groups excluding tert-OH is 2. The van der Waals surface area contributed by atoms with Crippen molar-refractivity contribution in [1.29, 1.82) is 0 Å². The fourth-order valence-corrected chi connectivity index (χ4v) is 9.03. The van der Waals surface area contributed by atoms with Crippen LogP contribution in [0.25, 0.3) is 10.8 Å². The third kappa shape index (κ3) is 7.92. The number of Topliss-reactive ketones (excluding diaryl/α,β-unsaturated/α-hetero) is 1. The second kappa shape index (κ2) is 16.9. The van der Waals surface area contributed by atoms with Crippen molar-refractivity contribution in [3.8, 4) is 17.2 Å². The van der Waals surface area contributed by atoms with Crippen LogP contribution in [0, 0.1) is 30.6 Å². The zero-order valence-corrected chi connectivity index (χ0v) is 36.4. The van der Waals surface area contributed by atoms with Gasteiger partial charge in [0.1, 0.15) is 34.0 Å². The molecule has 0 aliphatic carbocycles. The van der Waals surface area contributed by atoms with Crippen LogP contribution in [-0.4, -0.2) is 105 Å². The van der Waals surface area contributed by atoms with Gasteiger partial charge >= 0.3 is 11.8 Å². The van der Waals surface area contributed by atoms with Crippen molar-refractivity contribution >= 4 is 34.1 Å².